The van der Waals surface area contributed by atoms with Crippen LogP contribution in [0.1, 0.15) is 30.9 Å². The number of halogens is 1. The highest BCUT2D eigenvalue weighted by atomic mass is 19.1. The van der Waals surface area contributed by atoms with Crippen molar-refractivity contribution in [2.75, 3.05) is 13.9 Å². The van der Waals surface area contributed by atoms with Crippen molar-refractivity contribution in [3.63, 3.8) is 0 Å². The molecule has 0 fully saturated rings. The van der Waals surface area contributed by atoms with Gasteiger partial charge in [0, 0.05) is 0 Å². The molecule has 0 saturated carbocycles. The molecule has 0 bridgehead atoms. The molecule has 1 aliphatic rings. The summed E-state index contributed by atoms with van der Waals surface area (Å²) >= 11 is 0. The summed E-state index contributed by atoms with van der Waals surface area (Å²) in [7, 11) is 1.55. The van der Waals surface area contributed by atoms with Crippen LogP contribution in [0.2, 0.25) is 0 Å². The van der Waals surface area contributed by atoms with E-state index >= 15 is 0 Å². The molecule has 0 radical (unpaired) electrons. The fourth-order valence-corrected chi connectivity index (χ4v) is 1.80. The smallest absolute Gasteiger partial charge is 0.189 e. The van der Waals surface area contributed by atoms with Gasteiger partial charge in [0.2, 0.25) is 0 Å². The second-order valence-electron chi connectivity index (χ2n) is 4.06. The van der Waals surface area contributed by atoms with Crippen molar-refractivity contribution in [3.8, 4) is 11.5 Å². The molecule has 88 valence electrons. The van der Waals surface area contributed by atoms with Crippen LogP contribution in [-0.2, 0) is 11.3 Å². The zero-order valence-corrected chi connectivity index (χ0v) is 9.67. The number of rotatable bonds is 2. The highest BCUT2D eigenvalue weighted by molar-refractivity contribution is 5.51. The minimum absolute atomic E-state index is 0.0983. The number of benzene rings is 1. The fourth-order valence-electron chi connectivity index (χ4n) is 1.80. The Kier molecular flexibility index (Phi) is 3.01. The summed E-state index contributed by atoms with van der Waals surface area (Å²) in [5.74, 6) is 0.894. The highest BCUT2D eigenvalue weighted by Gasteiger charge is 2.24. The van der Waals surface area contributed by atoms with E-state index in [-0.39, 0.29) is 25.1 Å². The number of hydrogen-bond donors (Lipinski definition) is 0. The van der Waals surface area contributed by atoms with Gasteiger partial charge in [0.15, 0.2) is 18.3 Å². The summed E-state index contributed by atoms with van der Waals surface area (Å²) < 4.78 is 29.7. The minimum atomic E-state index is -0.245. The molecule has 0 unspecified atom stereocenters. The lowest BCUT2D eigenvalue weighted by Crippen LogP contribution is -2.15. The highest BCUT2D eigenvalue weighted by Crippen LogP contribution is 2.39. The molecule has 1 aromatic rings. The third-order valence-electron chi connectivity index (χ3n) is 2.68. The van der Waals surface area contributed by atoms with E-state index < -0.39 is 0 Å². The van der Waals surface area contributed by atoms with E-state index in [1.807, 2.05) is 13.8 Å². The molecule has 0 aliphatic carbocycles. The number of hydrogen-bond acceptors (Lipinski definition) is 3. The minimum Gasteiger partial charge on any atom is -0.493 e. The van der Waals surface area contributed by atoms with E-state index in [1.54, 1.807) is 13.2 Å². The maximum absolute atomic E-state index is 14.1. The van der Waals surface area contributed by atoms with Crippen LogP contribution in [0, 0.1) is 5.82 Å². The zero-order chi connectivity index (χ0) is 11.7. The third-order valence-corrected chi connectivity index (χ3v) is 2.68. The van der Waals surface area contributed by atoms with Crippen LogP contribution in [0.4, 0.5) is 4.39 Å². The van der Waals surface area contributed by atoms with E-state index in [4.69, 9.17) is 14.2 Å². The van der Waals surface area contributed by atoms with Crippen LogP contribution in [0.3, 0.4) is 0 Å². The van der Waals surface area contributed by atoms with Gasteiger partial charge >= 0.3 is 0 Å². The SMILES string of the molecule is COc1cc(C(C)C)c(F)c2c1OCOC2. The topological polar surface area (TPSA) is 27.7 Å². The standard InChI is InChI=1S/C12H15FO3/c1-7(2)8-4-10(14-3)12-9(11(8)13)5-15-6-16-12/h4,7H,5-6H2,1-3H3. The molecule has 2 rings (SSSR count). The molecule has 16 heavy (non-hydrogen) atoms. The van der Waals surface area contributed by atoms with Crippen molar-refractivity contribution in [3.05, 3.63) is 23.0 Å². The molecule has 1 aromatic carbocycles. The summed E-state index contributed by atoms with van der Waals surface area (Å²) in [5.41, 5.74) is 1.08. The molecule has 1 aliphatic heterocycles. The van der Waals surface area contributed by atoms with Gasteiger partial charge < -0.3 is 14.2 Å². The Hall–Kier alpha value is -1.29. The second kappa shape index (κ2) is 4.29. The van der Waals surface area contributed by atoms with Crippen LogP contribution in [0.15, 0.2) is 6.07 Å². The first-order valence-electron chi connectivity index (χ1n) is 5.25. The lowest BCUT2D eigenvalue weighted by molar-refractivity contribution is -0.0200. The lowest BCUT2D eigenvalue weighted by atomic mass is 9.98. The van der Waals surface area contributed by atoms with E-state index in [9.17, 15) is 4.39 Å². The van der Waals surface area contributed by atoms with Gasteiger partial charge in [-0.3, -0.25) is 0 Å². The molecule has 0 atom stereocenters. The third kappa shape index (κ3) is 1.73. The number of methoxy groups -OCH3 is 1. The van der Waals surface area contributed by atoms with E-state index in [2.05, 4.69) is 0 Å². The first-order valence-corrected chi connectivity index (χ1v) is 5.25. The van der Waals surface area contributed by atoms with Crippen molar-refractivity contribution in [1.82, 2.24) is 0 Å². The molecule has 3 nitrogen and oxygen atoms in total. The van der Waals surface area contributed by atoms with Gasteiger partial charge in [0.25, 0.3) is 0 Å². The van der Waals surface area contributed by atoms with Crippen molar-refractivity contribution < 1.29 is 18.6 Å². The van der Waals surface area contributed by atoms with E-state index in [0.29, 0.717) is 22.6 Å². The Bertz CT molecular complexity index is 402. The largest absolute Gasteiger partial charge is 0.493 e. The summed E-state index contributed by atoms with van der Waals surface area (Å²) in [6, 6.07) is 1.70. The molecule has 0 saturated heterocycles. The zero-order valence-electron chi connectivity index (χ0n) is 9.67. The molecular formula is C12H15FO3. The second-order valence-corrected chi connectivity index (χ2v) is 4.06. The molecule has 0 amide bonds. The number of ether oxygens (including phenoxy) is 3. The Labute approximate surface area is 94.1 Å². The van der Waals surface area contributed by atoms with Gasteiger partial charge in [0.05, 0.1) is 19.3 Å². The molecule has 0 aromatic heterocycles. The van der Waals surface area contributed by atoms with Gasteiger partial charge in [-0.1, -0.05) is 13.8 Å². The van der Waals surface area contributed by atoms with Gasteiger partial charge in [-0.15, -0.1) is 0 Å². The van der Waals surface area contributed by atoms with Gasteiger partial charge in [0.1, 0.15) is 5.82 Å². The normalized spacial score (nSPS) is 14.6. The molecule has 4 heteroatoms. The van der Waals surface area contributed by atoms with E-state index in [0.717, 1.165) is 0 Å². The summed E-state index contributed by atoms with van der Waals surface area (Å²) in [4.78, 5) is 0. The van der Waals surface area contributed by atoms with E-state index in [1.165, 1.54) is 0 Å². The fraction of sp³-hybridized carbons (Fsp3) is 0.500. The Morgan fingerprint density at radius 2 is 2.19 bits per heavy atom. The maximum atomic E-state index is 14.1. The quantitative estimate of drug-likeness (QED) is 0.776. The molecule has 1 heterocycles. The van der Waals surface area contributed by atoms with Crippen molar-refractivity contribution in [2.24, 2.45) is 0 Å². The Morgan fingerprint density at radius 3 is 2.81 bits per heavy atom. The number of fused-ring (bicyclic) bond motifs is 1. The predicted octanol–water partition coefficient (Wildman–Crippen LogP) is 2.82. The Morgan fingerprint density at radius 1 is 1.44 bits per heavy atom. The summed E-state index contributed by atoms with van der Waals surface area (Å²) in [6.45, 7) is 4.26. The van der Waals surface area contributed by atoms with Crippen LogP contribution < -0.4 is 9.47 Å². The van der Waals surface area contributed by atoms with Crippen molar-refractivity contribution >= 4 is 0 Å². The first kappa shape index (κ1) is 11.2. The lowest BCUT2D eigenvalue weighted by Gasteiger charge is -2.23. The van der Waals surface area contributed by atoms with Crippen molar-refractivity contribution in [1.29, 1.82) is 0 Å². The van der Waals surface area contributed by atoms with Crippen LogP contribution in [-0.4, -0.2) is 13.9 Å². The average molecular weight is 226 g/mol. The molecular weight excluding hydrogens is 211 g/mol. The van der Waals surface area contributed by atoms with Crippen LogP contribution >= 0.6 is 0 Å². The molecule has 0 N–H and O–H groups in total. The summed E-state index contributed by atoms with van der Waals surface area (Å²) in [5, 5.41) is 0. The monoisotopic (exact) mass is 226 g/mol. The van der Waals surface area contributed by atoms with Crippen LogP contribution in [0.25, 0.3) is 0 Å². The van der Waals surface area contributed by atoms with Gasteiger partial charge in [-0.2, -0.15) is 0 Å². The maximum Gasteiger partial charge on any atom is 0.189 e. The van der Waals surface area contributed by atoms with Gasteiger partial charge in [-0.25, -0.2) is 4.39 Å². The molecule has 0 spiro atoms. The van der Waals surface area contributed by atoms with Gasteiger partial charge in [-0.05, 0) is 17.5 Å². The average Bonchev–Trinajstić information content (AvgIpc) is 2.29. The predicted molar refractivity (Wildman–Crippen MR) is 57.3 cm³/mol. The van der Waals surface area contributed by atoms with Crippen molar-refractivity contribution in [2.45, 2.75) is 26.4 Å². The van der Waals surface area contributed by atoms with Crippen LogP contribution in [0.5, 0.6) is 11.5 Å². The summed E-state index contributed by atoms with van der Waals surface area (Å²) in [6.07, 6.45) is 0. The first-order chi connectivity index (χ1) is 7.65. The Balaban J connectivity index is 2.60.